The maximum absolute atomic E-state index is 9.57. The predicted molar refractivity (Wildman–Crippen MR) is 71.7 cm³/mol. The second kappa shape index (κ2) is 5.94. The average molecular weight is 299 g/mol. The van der Waals surface area contributed by atoms with Gasteiger partial charge in [-0.3, -0.25) is 4.98 Å². The summed E-state index contributed by atoms with van der Waals surface area (Å²) in [6.45, 7) is 0.956. The molecule has 0 atom stereocenters. The average Bonchev–Trinajstić information content (AvgIpc) is 2.39. The number of aliphatic hydroxyl groups excluding tert-OH is 1. The van der Waals surface area contributed by atoms with Gasteiger partial charge in [0.2, 0.25) is 0 Å². The van der Waals surface area contributed by atoms with Gasteiger partial charge in [0.05, 0.1) is 12.3 Å². The van der Waals surface area contributed by atoms with Crippen LogP contribution in [0.3, 0.4) is 0 Å². The Balaban J connectivity index is 1.93. The van der Waals surface area contributed by atoms with Crippen LogP contribution in [-0.2, 0) is 6.54 Å². The van der Waals surface area contributed by atoms with Gasteiger partial charge < -0.3 is 10.4 Å². The molecule has 0 aromatic carbocycles. The van der Waals surface area contributed by atoms with E-state index < -0.39 is 0 Å². The van der Waals surface area contributed by atoms with Crippen molar-refractivity contribution in [1.82, 2.24) is 10.3 Å². The fourth-order valence-electron chi connectivity index (χ4n) is 2.41. The number of aromatic nitrogens is 1. The molecule has 2 N–H and O–H groups in total. The third kappa shape index (κ3) is 3.50. The lowest BCUT2D eigenvalue weighted by atomic mass is 9.82. The van der Waals surface area contributed by atoms with E-state index in [2.05, 4.69) is 26.2 Å². The Labute approximate surface area is 111 Å². The van der Waals surface area contributed by atoms with Crippen LogP contribution in [0.15, 0.2) is 22.8 Å². The van der Waals surface area contributed by atoms with Gasteiger partial charge in [0.15, 0.2) is 0 Å². The molecule has 0 amide bonds. The number of pyridine rings is 1. The van der Waals surface area contributed by atoms with Crippen molar-refractivity contribution in [2.75, 3.05) is 6.61 Å². The highest BCUT2D eigenvalue weighted by atomic mass is 79.9. The topological polar surface area (TPSA) is 45.1 Å². The molecule has 1 aromatic rings. The van der Waals surface area contributed by atoms with Gasteiger partial charge in [-0.25, -0.2) is 0 Å². The first kappa shape index (κ1) is 13.0. The van der Waals surface area contributed by atoms with Crippen LogP contribution in [0.25, 0.3) is 0 Å². The highest BCUT2D eigenvalue weighted by molar-refractivity contribution is 9.10. The van der Waals surface area contributed by atoms with Crippen LogP contribution >= 0.6 is 15.9 Å². The van der Waals surface area contributed by atoms with Crippen molar-refractivity contribution in [3.8, 4) is 0 Å². The van der Waals surface area contributed by atoms with Crippen LogP contribution in [0.2, 0.25) is 0 Å². The second-order valence-electron chi connectivity index (χ2n) is 4.82. The minimum absolute atomic E-state index is 0.0764. The first-order valence-electron chi connectivity index (χ1n) is 6.20. The third-order valence-corrected chi connectivity index (χ3v) is 4.02. The summed E-state index contributed by atoms with van der Waals surface area (Å²) in [5, 5.41) is 13.1. The molecule has 0 spiro atoms. The van der Waals surface area contributed by atoms with E-state index in [1.54, 1.807) is 0 Å². The van der Waals surface area contributed by atoms with Crippen LogP contribution in [0.5, 0.6) is 0 Å². The Morgan fingerprint density at radius 3 is 2.65 bits per heavy atom. The van der Waals surface area contributed by atoms with Crippen molar-refractivity contribution < 1.29 is 5.11 Å². The molecule has 0 radical (unpaired) electrons. The molecule has 1 aliphatic rings. The smallest absolute Gasteiger partial charge is 0.0613 e. The first-order valence-corrected chi connectivity index (χ1v) is 7.00. The third-order valence-electron chi connectivity index (χ3n) is 3.55. The van der Waals surface area contributed by atoms with E-state index in [-0.39, 0.29) is 12.1 Å². The molecule has 0 unspecified atom stereocenters. The Hall–Kier alpha value is -0.450. The van der Waals surface area contributed by atoms with Crippen molar-refractivity contribution in [3.63, 3.8) is 0 Å². The molecule has 1 aliphatic carbocycles. The zero-order valence-corrected chi connectivity index (χ0v) is 11.5. The number of halogens is 1. The first-order chi connectivity index (χ1) is 8.24. The molecule has 4 heteroatoms. The van der Waals surface area contributed by atoms with Gasteiger partial charge in [0.25, 0.3) is 0 Å². The molecular weight excluding hydrogens is 280 g/mol. The zero-order valence-electron chi connectivity index (χ0n) is 9.95. The zero-order chi connectivity index (χ0) is 12.1. The lowest BCUT2D eigenvalue weighted by Crippen LogP contribution is -2.49. The fraction of sp³-hybridized carbons (Fsp3) is 0.615. The summed E-state index contributed by atoms with van der Waals surface area (Å²) in [6, 6.07) is 4.00. The van der Waals surface area contributed by atoms with Crippen molar-refractivity contribution in [2.24, 2.45) is 0 Å². The quantitative estimate of drug-likeness (QED) is 0.898. The maximum atomic E-state index is 9.57. The van der Waals surface area contributed by atoms with Gasteiger partial charge in [0.1, 0.15) is 0 Å². The Morgan fingerprint density at radius 2 is 2.06 bits per heavy atom. The normalized spacial score (nSPS) is 19.2. The molecule has 1 aromatic heterocycles. The number of hydrogen-bond acceptors (Lipinski definition) is 3. The minimum atomic E-state index is -0.0764. The Kier molecular flexibility index (Phi) is 4.54. The van der Waals surface area contributed by atoms with Crippen LogP contribution in [0.4, 0.5) is 0 Å². The monoisotopic (exact) mass is 298 g/mol. The second-order valence-corrected chi connectivity index (χ2v) is 5.74. The van der Waals surface area contributed by atoms with E-state index >= 15 is 0 Å². The number of nitrogens with one attached hydrogen (secondary N) is 1. The highest BCUT2D eigenvalue weighted by Gasteiger charge is 2.30. The van der Waals surface area contributed by atoms with Crippen LogP contribution in [-0.4, -0.2) is 22.2 Å². The standard InChI is InChI=1S/C13H19BrN2O/c14-11-4-5-12(15-8-11)9-16-13(10-17)6-2-1-3-7-13/h4-5,8,16-17H,1-3,6-7,9-10H2. The molecule has 1 fully saturated rings. The van der Waals surface area contributed by atoms with Gasteiger partial charge in [-0.1, -0.05) is 19.3 Å². The largest absolute Gasteiger partial charge is 0.394 e. The molecule has 3 nitrogen and oxygen atoms in total. The number of rotatable bonds is 4. The van der Waals surface area contributed by atoms with E-state index in [1.165, 1.54) is 19.3 Å². The van der Waals surface area contributed by atoms with Crippen molar-refractivity contribution >= 4 is 15.9 Å². The van der Waals surface area contributed by atoms with Crippen molar-refractivity contribution in [2.45, 2.75) is 44.2 Å². The lowest BCUT2D eigenvalue weighted by Gasteiger charge is -2.36. The number of aliphatic hydroxyl groups is 1. The number of hydrogen-bond donors (Lipinski definition) is 2. The summed E-state index contributed by atoms with van der Waals surface area (Å²) in [5.41, 5.74) is 0.944. The van der Waals surface area contributed by atoms with Gasteiger partial charge in [-0.2, -0.15) is 0 Å². The van der Waals surface area contributed by atoms with E-state index in [0.29, 0.717) is 0 Å². The fourth-order valence-corrected chi connectivity index (χ4v) is 2.64. The SMILES string of the molecule is OCC1(NCc2ccc(Br)cn2)CCCCC1. The van der Waals surface area contributed by atoms with Gasteiger partial charge in [0, 0.05) is 22.8 Å². The van der Waals surface area contributed by atoms with E-state index in [4.69, 9.17) is 0 Å². The van der Waals surface area contributed by atoms with Crippen molar-refractivity contribution in [1.29, 1.82) is 0 Å². The summed E-state index contributed by atoms with van der Waals surface area (Å²) < 4.78 is 0.996. The molecule has 0 bridgehead atoms. The number of nitrogens with zero attached hydrogens (tertiary/aromatic N) is 1. The Bertz CT molecular complexity index is 347. The van der Waals surface area contributed by atoms with Crippen molar-refractivity contribution in [3.05, 3.63) is 28.5 Å². The summed E-state index contributed by atoms with van der Waals surface area (Å²) >= 11 is 3.37. The minimum Gasteiger partial charge on any atom is -0.394 e. The van der Waals surface area contributed by atoms with E-state index in [0.717, 1.165) is 29.6 Å². The predicted octanol–water partition coefficient (Wildman–Crippen LogP) is 2.63. The highest BCUT2D eigenvalue weighted by Crippen LogP contribution is 2.28. The summed E-state index contributed by atoms with van der Waals surface area (Å²) in [6.07, 6.45) is 7.66. The van der Waals surface area contributed by atoms with Crippen LogP contribution < -0.4 is 5.32 Å². The molecule has 1 saturated carbocycles. The van der Waals surface area contributed by atoms with Crippen LogP contribution in [0.1, 0.15) is 37.8 Å². The Morgan fingerprint density at radius 1 is 1.29 bits per heavy atom. The summed E-state index contributed by atoms with van der Waals surface area (Å²) in [4.78, 5) is 4.34. The van der Waals surface area contributed by atoms with E-state index in [1.807, 2.05) is 18.3 Å². The van der Waals surface area contributed by atoms with Gasteiger partial charge in [-0.05, 0) is 40.9 Å². The van der Waals surface area contributed by atoms with Crippen LogP contribution in [0, 0.1) is 0 Å². The molecule has 1 heterocycles. The molecule has 94 valence electrons. The van der Waals surface area contributed by atoms with Gasteiger partial charge >= 0.3 is 0 Å². The lowest BCUT2D eigenvalue weighted by molar-refractivity contribution is 0.119. The molecule has 0 aliphatic heterocycles. The maximum Gasteiger partial charge on any atom is 0.0613 e. The molecular formula is C13H19BrN2O. The molecule has 0 saturated heterocycles. The van der Waals surface area contributed by atoms with E-state index in [9.17, 15) is 5.11 Å². The summed E-state index contributed by atoms with van der Waals surface area (Å²) in [7, 11) is 0. The molecule has 2 rings (SSSR count). The van der Waals surface area contributed by atoms with Gasteiger partial charge in [-0.15, -0.1) is 0 Å². The summed E-state index contributed by atoms with van der Waals surface area (Å²) in [5.74, 6) is 0. The molecule has 17 heavy (non-hydrogen) atoms.